The van der Waals surface area contributed by atoms with Gasteiger partial charge in [-0.15, -0.1) is 0 Å². The molecular weight excluding hydrogens is 128 g/mol. The maximum atomic E-state index is 8.58. The number of hydrogen-bond donors (Lipinski definition) is 2. The highest BCUT2D eigenvalue weighted by molar-refractivity contribution is 4.59. The lowest BCUT2D eigenvalue weighted by molar-refractivity contribution is 0.232. The summed E-state index contributed by atoms with van der Waals surface area (Å²) in [6.07, 6.45) is 3.50. The molecule has 0 heterocycles. The summed E-state index contributed by atoms with van der Waals surface area (Å²) in [5.74, 6) is 0.497. The summed E-state index contributed by atoms with van der Waals surface area (Å²) < 4.78 is 0. The van der Waals surface area contributed by atoms with Crippen molar-refractivity contribution in [3.63, 3.8) is 0 Å². The number of hydrogen-bond acceptors (Lipinski definition) is 2. The first kappa shape index (κ1) is 9.92. The Hall–Kier alpha value is -0.0800. The van der Waals surface area contributed by atoms with E-state index in [0.717, 1.165) is 25.7 Å². The van der Waals surface area contributed by atoms with Gasteiger partial charge in [0.05, 0.1) is 0 Å². The smallest absolute Gasteiger partial charge is 0.0433 e. The third-order valence-corrected chi connectivity index (χ3v) is 1.72. The van der Waals surface area contributed by atoms with E-state index in [1.807, 2.05) is 0 Å². The van der Waals surface area contributed by atoms with Crippen molar-refractivity contribution >= 4 is 0 Å². The Balaban J connectivity index is 3.21. The quantitative estimate of drug-likeness (QED) is 0.585. The average molecular weight is 145 g/mol. The zero-order valence-electron chi connectivity index (χ0n) is 6.42. The number of aliphatic hydroxyl groups is 2. The summed E-state index contributed by atoms with van der Waals surface area (Å²) in [4.78, 5) is 0. The van der Waals surface area contributed by atoms with Crippen molar-refractivity contribution in [3.05, 3.63) is 6.92 Å². The maximum Gasteiger partial charge on any atom is 0.0433 e. The predicted octanol–water partition coefficient (Wildman–Crippen LogP) is 0.982. The van der Waals surface area contributed by atoms with E-state index >= 15 is 0 Å². The molecular formula is C8H17O2. The van der Waals surface area contributed by atoms with Crippen LogP contribution in [0.2, 0.25) is 0 Å². The second kappa shape index (κ2) is 7.03. The van der Waals surface area contributed by atoms with Crippen molar-refractivity contribution in [2.45, 2.75) is 25.7 Å². The highest BCUT2D eigenvalue weighted by Crippen LogP contribution is 2.13. The lowest BCUT2D eigenvalue weighted by Crippen LogP contribution is -2.02. The molecule has 0 aliphatic heterocycles. The highest BCUT2D eigenvalue weighted by atomic mass is 16.3. The standard InChI is InChI=1S/C8H17O2/c1-2-8(5-7-10)4-3-6-9/h8-10H,1-7H2. The van der Waals surface area contributed by atoms with Gasteiger partial charge in [-0.25, -0.2) is 0 Å². The second-order valence-corrected chi connectivity index (χ2v) is 2.53. The number of rotatable bonds is 6. The Morgan fingerprint density at radius 3 is 2.20 bits per heavy atom. The summed E-state index contributed by atoms with van der Waals surface area (Å²) in [5.41, 5.74) is 0. The molecule has 2 nitrogen and oxygen atoms in total. The Morgan fingerprint density at radius 2 is 1.80 bits per heavy atom. The van der Waals surface area contributed by atoms with E-state index in [2.05, 4.69) is 6.92 Å². The largest absolute Gasteiger partial charge is 0.396 e. The molecule has 0 aliphatic rings. The molecule has 1 atom stereocenters. The van der Waals surface area contributed by atoms with Gasteiger partial charge in [-0.3, -0.25) is 0 Å². The Kier molecular flexibility index (Phi) is 6.98. The fourth-order valence-corrected chi connectivity index (χ4v) is 0.996. The normalized spacial score (nSPS) is 13.5. The monoisotopic (exact) mass is 145 g/mol. The number of aliphatic hydroxyl groups excluding tert-OH is 2. The first-order valence-electron chi connectivity index (χ1n) is 3.86. The molecule has 0 amide bonds. The topological polar surface area (TPSA) is 40.5 Å². The van der Waals surface area contributed by atoms with Crippen molar-refractivity contribution in [2.75, 3.05) is 13.2 Å². The van der Waals surface area contributed by atoms with Crippen molar-refractivity contribution < 1.29 is 10.2 Å². The van der Waals surface area contributed by atoms with Gasteiger partial charge in [-0.1, -0.05) is 13.3 Å². The van der Waals surface area contributed by atoms with Crippen LogP contribution in [0, 0.1) is 12.8 Å². The van der Waals surface area contributed by atoms with Gasteiger partial charge in [0.2, 0.25) is 0 Å². The van der Waals surface area contributed by atoms with E-state index in [9.17, 15) is 0 Å². The van der Waals surface area contributed by atoms with Gasteiger partial charge in [0.15, 0.2) is 0 Å². The molecule has 0 aromatic heterocycles. The van der Waals surface area contributed by atoms with Crippen LogP contribution in [0.5, 0.6) is 0 Å². The van der Waals surface area contributed by atoms with E-state index in [1.54, 1.807) is 0 Å². The van der Waals surface area contributed by atoms with Crippen LogP contribution in [0.1, 0.15) is 25.7 Å². The van der Waals surface area contributed by atoms with Gasteiger partial charge < -0.3 is 10.2 Å². The molecule has 1 unspecified atom stereocenters. The summed E-state index contributed by atoms with van der Waals surface area (Å²) >= 11 is 0. The molecule has 2 heteroatoms. The average Bonchev–Trinajstić information content (AvgIpc) is 1.98. The molecule has 2 N–H and O–H groups in total. The fraction of sp³-hybridized carbons (Fsp3) is 0.875. The minimum absolute atomic E-state index is 0.242. The molecule has 0 spiro atoms. The lowest BCUT2D eigenvalue weighted by atomic mass is 9.97. The van der Waals surface area contributed by atoms with Crippen LogP contribution in [0.15, 0.2) is 0 Å². The van der Waals surface area contributed by atoms with E-state index in [-0.39, 0.29) is 13.2 Å². The van der Waals surface area contributed by atoms with E-state index in [4.69, 9.17) is 10.2 Å². The molecule has 0 bridgehead atoms. The van der Waals surface area contributed by atoms with Crippen LogP contribution < -0.4 is 0 Å². The maximum absolute atomic E-state index is 8.58. The molecule has 0 rings (SSSR count). The van der Waals surface area contributed by atoms with E-state index < -0.39 is 0 Å². The van der Waals surface area contributed by atoms with Crippen molar-refractivity contribution in [1.29, 1.82) is 0 Å². The van der Waals surface area contributed by atoms with Crippen molar-refractivity contribution in [2.24, 2.45) is 5.92 Å². The van der Waals surface area contributed by atoms with Crippen LogP contribution in [0.25, 0.3) is 0 Å². The van der Waals surface area contributed by atoms with Crippen molar-refractivity contribution in [3.8, 4) is 0 Å². The van der Waals surface area contributed by atoms with Crippen LogP contribution in [0.3, 0.4) is 0 Å². The van der Waals surface area contributed by atoms with E-state index in [1.165, 1.54) is 0 Å². The lowest BCUT2D eigenvalue weighted by Gasteiger charge is -2.10. The highest BCUT2D eigenvalue weighted by Gasteiger charge is 2.03. The molecule has 0 saturated carbocycles. The summed E-state index contributed by atoms with van der Waals surface area (Å²) in [5, 5.41) is 17.1. The van der Waals surface area contributed by atoms with Gasteiger partial charge >= 0.3 is 0 Å². The van der Waals surface area contributed by atoms with Gasteiger partial charge in [0.1, 0.15) is 0 Å². The first-order valence-corrected chi connectivity index (χ1v) is 3.86. The van der Waals surface area contributed by atoms with Gasteiger partial charge in [0, 0.05) is 13.2 Å². The van der Waals surface area contributed by atoms with Gasteiger partial charge in [0.25, 0.3) is 0 Å². The minimum atomic E-state index is 0.242. The van der Waals surface area contributed by atoms with Crippen LogP contribution in [-0.2, 0) is 0 Å². The predicted molar refractivity (Wildman–Crippen MR) is 41.5 cm³/mol. The second-order valence-electron chi connectivity index (χ2n) is 2.53. The third-order valence-electron chi connectivity index (χ3n) is 1.72. The van der Waals surface area contributed by atoms with Gasteiger partial charge in [-0.05, 0) is 25.2 Å². The Labute approximate surface area is 62.9 Å². The van der Waals surface area contributed by atoms with Crippen LogP contribution >= 0.6 is 0 Å². The molecule has 61 valence electrons. The third kappa shape index (κ3) is 4.77. The van der Waals surface area contributed by atoms with Crippen LogP contribution in [-0.4, -0.2) is 23.4 Å². The molecule has 0 fully saturated rings. The molecule has 0 aromatic rings. The summed E-state index contributed by atoms with van der Waals surface area (Å²) in [6, 6.07) is 0. The Bertz CT molecular complexity index is 64.3. The zero-order chi connectivity index (χ0) is 7.82. The van der Waals surface area contributed by atoms with Crippen molar-refractivity contribution in [1.82, 2.24) is 0 Å². The van der Waals surface area contributed by atoms with Gasteiger partial charge in [-0.2, -0.15) is 0 Å². The molecule has 10 heavy (non-hydrogen) atoms. The summed E-state index contributed by atoms with van der Waals surface area (Å²) in [7, 11) is 0. The first-order chi connectivity index (χ1) is 4.85. The Morgan fingerprint density at radius 1 is 1.10 bits per heavy atom. The molecule has 1 radical (unpaired) electrons. The molecule has 0 aliphatic carbocycles. The molecule has 0 aromatic carbocycles. The minimum Gasteiger partial charge on any atom is -0.396 e. The van der Waals surface area contributed by atoms with E-state index in [0.29, 0.717) is 5.92 Å². The fourth-order valence-electron chi connectivity index (χ4n) is 0.996. The van der Waals surface area contributed by atoms with Crippen LogP contribution in [0.4, 0.5) is 0 Å². The summed E-state index contributed by atoms with van der Waals surface area (Å²) in [6.45, 7) is 4.26. The SMILES string of the molecule is [CH2]CC(CCO)CCCO. The zero-order valence-corrected chi connectivity index (χ0v) is 6.42. The molecule has 0 saturated heterocycles.